The maximum Gasteiger partial charge on any atom is 0.256 e. The van der Waals surface area contributed by atoms with Crippen molar-refractivity contribution in [3.05, 3.63) is 6.20 Å². The van der Waals surface area contributed by atoms with Crippen LogP contribution in [0, 0.1) is 0 Å². The molecule has 1 rings (SSSR count). The van der Waals surface area contributed by atoms with Crippen molar-refractivity contribution in [3.8, 4) is 5.88 Å². The smallest absolute Gasteiger partial charge is 0.256 e. The number of ether oxygens (including phenoxy) is 2. The summed E-state index contributed by atoms with van der Waals surface area (Å²) in [7, 11) is -1.02. The topological polar surface area (TPSA) is 62.3 Å². The molecule has 6 heteroatoms. The fraction of sp³-hybridized carbons (Fsp3) is 0.727. The number of nitrogens with zero attached hydrogens (tertiary/aromatic N) is 2. The molecule has 1 heterocycles. The molecule has 2 N–H and O–H groups in total. The van der Waals surface area contributed by atoms with Crippen molar-refractivity contribution in [2.75, 3.05) is 18.9 Å². The van der Waals surface area contributed by atoms with Gasteiger partial charge in [-0.15, -0.1) is 5.10 Å². The van der Waals surface area contributed by atoms with E-state index in [0.717, 1.165) is 12.7 Å². The molecule has 0 saturated carbocycles. The number of anilines is 1. The minimum atomic E-state index is -1.02. The quantitative estimate of drug-likeness (QED) is 0.600. The van der Waals surface area contributed by atoms with E-state index in [2.05, 4.69) is 24.7 Å². The second kappa shape index (κ2) is 6.06. The molecule has 0 aliphatic rings. The van der Waals surface area contributed by atoms with Gasteiger partial charge in [-0.2, -0.15) is 0 Å². The lowest BCUT2D eigenvalue weighted by Crippen LogP contribution is -2.22. The van der Waals surface area contributed by atoms with Gasteiger partial charge in [0.15, 0.2) is 0 Å². The lowest BCUT2D eigenvalue weighted by molar-refractivity contribution is 0.0775. The minimum absolute atomic E-state index is 0.432. The molecule has 0 aliphatic heterocycles. The SMILES string of the molecule is CCOc1nn(COCC[Si](C)(C)C)cc1N. The Morgan fingerprint density at radius 3 is 2.71 bits per heavy atom. The molecular weight excluding hydrogens is 234 g/mol. The van der Waals surface area contributed by atoms with Gasteiger partial charge >= 0.3 is 0 Å². The molecule has 0 radical (unpaired) electrons. The van der Waals surface area contributed by atoms with Crippen LogP contribution in [0.25, 0.3) is 0 Å². The molecular formula is C11H23N3O2Si. The summed E-state index contributed by atoms with van der Waals surface area (Å²) in [6.45, 7) is 10.7. The van der Waals surface area contributed by atoms with E-state index in [4.69, 9.17) is 15.2 Å². The Labute approximate surface area is 104 Å². The van der Waals surface area contributed by atoms with Gasteiger partial charge < -0.3 is 15.2 Å². The van der Waals surface area contributed by atoms with Gasteiger partial charge in [0, 0.05) is 14.7 Å². The number of nitrogen functional groups attached to an aromatic ring is 1. The summed E-state index contributed by atoms with van der Waals surface area (Å²) in [5.41, 5.74) is 6.30. The zero-order chi connectivity index (χ0) is 12.9. The summed E-state index contributed by atoms with van der Waals surface area (Å²) in [6, 6.07) is 1.15. The molecule has 0 bridgehead atoms. The van der Waals surface area contributed by atoms with E-state index in [-0.39, 0.29) is 0 Å². The summed E-state index contributed by atoms with van der Waals surface area (Å²) in [5.74, 6) is 0.487. The molecule has 0 aromatic carbocycles. The van der Waals surface area contributed by atoms with Gasteiger partial charge in [-0.25, -0.2) is 4.68 Å². The van der Waals surface area contributed by atoms with Crippen LogP contribution >= 0.6 is 0 Å². The molecule has 0 fully saturated rings. The van der Waals surface area contributed by atoms with Crippen molar-refractivity contribution in [2.45, 2.75) is 39.3 Å². The number of hydrogen-bond acceptors (Lipinski definition) is 4. The summed E-state index contributed by atoms with van der Waals surface area (Å²) in [4.78, 5) is 0. The number of nitrogens with two attached hydrogens (primary N) is 1. The van der Waals surface area contributed by atoms with E-state index < -0.39 is 8.07 Å². The molecule has 0 atom stereocenters. The predicted molar refractivity (Wildman–Crippen MR) is 71.9 cm³/mol. The van der Waals surface area contributed by atoms with Gasteiger partial charge in [-0.05, 0) is 13.0 Å². The van der Waals surface area contributed by atoms with Crippen molar-refractivity contribution in [2.24, 2.45) is 0 Å². The Kier molecular flexibility index (Phi) is 5.01. The van der Waals surface area contributed by atoms with Crippen LogP contribution in [0.4, 0.5) is 5.69 Å². The minimum Gasteiger partial charge on any atom is -0.475 e. The van der Waals surface area contributed by atoms with E-state index >= 15 is 0 Å². The number of rotatable bonds is 7. The van der Waals surface area contributed by atoms with Crippen LogP contribution in [0.15, 0.2) is 6.20 Å². The van der Waals surface area contributed by atoms with Crippen LogP contribution in [0.1, 0.15) is 6.92 Å². The molecule has 17 heavy (non-hydrogen) atoms. The summed E-state index contributed by atoms with van der Waals surface area (Å²) in [5, 5.41) is 4.19. The highest BCUT2D eigenvalue weighted by Crippen LogP contribution is 2.17. The summed E-state index contributed by atoms with van der Waals surface area (Å²) < 4.78 is 12.5. The van der Waals surface area contributed by atoms with Crippen LogP contribution in [0.3, 0.4) is 0 Å². The summed E-state index contributed by atoms with van der Waals surface area (Å²) >= 11 is 0. The predicted octanol–water partition coefficient (Wildman–Crippen LogP) is 2.18. The van der Waals surface area contributed by atoms with Crippen LogP contribution in [-0.4, -0.2) is 31.1 Å². The van der Waals surface area contributed by atoms with Gasteiger partial charge in [-0.3, -0.25) is 0 Å². The Morgan fingerprint density at radius 1 is 1.41 bits per heavy atom. The van der Waals surface area contributed by atoms with E-state index in [1.165, 1.54) is 0 Å². The van der Waals surface area contributed by atoms with Gasteiger partial charge in [0.25, 0.3) is 5.88 Å². The first-order valence-electron chi connectivity index (χ1n) is 5.96. The second-order valence-corrected chi connectivity index (χ2v) is 10.8. The Balaban J connectivity index is 2.34. The van der Waals surface area contributed by atoms with Gasteiger partial charge in [-0.1, -0.05) is 19.6 Å². The zero-order valence-electron chi connectivity index (χ0n) is 11.2. The van der Waals surface area contributed by atoms with E-state index in [1.54, 1.807) is 10.9 Å². The maximum atomic E-state index is 5.74. The molecule has 98 valence electrons. The molecule has 0 saturated heterocycles. The lowest BCUT2D eigenvalue weighted by Gasteiger charge is -2.15. The average molecular weight is 257 g/mol. The molecule has 0 spiro atoms. The fourth-order valence-electron chi connectivity index (χ4n) is 1.27. The normalized spacial score (nSPS) is 11.8. The molecule has 1 aromatic rings. The Hall–Kier alpha value is -1.01. The highest BCUT2D eigenvalue weighted by Gasteiger charge is 2.12. The molecule has 1 aromatic heterocycles. The highest BCUT2D eigenvalue weighted by atomic mass is 28.3. The van der Waals surface area contributed by atoms with Crippen LogP contribution < -0.4 is 10.5 Å². The third-order valence-corrected chi connectivity index (χ3v) is 3.96. The second-order valence-electron chi connectivity index (χ2n) is 5.21. The monoisotopic (exact) mass is 257 g/mol. The van der Waals surface area contributed by atoms with Crippen LogP contribution in [0.2, 0.25) is 25.7 Å². The van der Waals surface area contributed by atoms with E-state index in [9.17, 15) is 0 Å². The first kappa shape index (κ1) is 14.0. The molecule has 0 amide bonds. The lowest BCUT2D eigenvalue weighted by atomic mass is 10.6. The standard InChI is InChI=1S/C11H23N3O2Si/c1-5-16-11-10(12)8-14(13-11)9-15-6-7-17(2,3)4/h8H,5-7,9,12H2,1-4H3. The van der Waals surface area contributed by atoms with Crippen molar-refractivity contribution >= 4 is 13.8 Å². The first-order chi connectivity index (χ1) is 7.92. The maximum absolute atomic E-state index is 5.74. The number of aromatic nitrogens is 2. The van der Waals surface area contributed by atoms with Crippen molar-refractivity contribution < 1.29 is 9.47 Å². The third kappa shape index (κ3) is 5.23. The first-order valence-corrected chi connectivity index (χ1v) is 9.66. The van der Waals surface area contributed by atoms with E-state index in [0.29, 0.717) is 24.9 Å². The highest BCUT2D eigenvalue weighted by molar-refractivity contribution is 6.76. The molecule has 0 aliphatic carbocycles. The molecule has 5 nitrogen and oxygen atoms in total. The third-order valence-electron chi connectivity index (χ3n) is 2.26. The van der Waals surface area contributed by atoms with Crippen molar-refractivity contribution in [1.29, 1.82) is 0 Å². The largest absolute Gasteiger partial charge is 0.475 e. The Bertz CT molecular complexity index is 347. The van der Waals surface area contributed by atoms with Crippen molar-refractivity contribution in [3.63, 3.8) is 0 Å². The summed E-state index contributed by atoms with van der Waals surface area (Å²) in [6.07, 6.45) is 1.74. The van der Waals surface area contributed by atoms with Gasteiger partial charge in [0.2, 0.25) is 0 Å². The fourth-order valence-corrected chi connectivity index (χ4v) is 2.03. The number of hydrogen-bond donors (Lipinski definition) is 1. The van der Waals surface area contributed by atoms with Crippen LogP contribution in [0.5, 0.6) is 5.88 Å². The molecule has 0 unspecified atom stereocenters. The Morgan fingerprint density at radius 2 is 2.12 bits per heavy atom. The van der Waals surface area contributed by atoms with Crippen LogP contribution in [-0.2, 0) is 11.5 Å². The zero-order valence-corrected chi connectivity index (χ0v) is 12.2. The van der Waals surface area contributed by atoms with Crippen molar-refractivity contribution in [1.82, 2.24) is 9.78 Å². The van der Waals surface area contributed by atoms with Gasteiger partial charge in [0.05, 0.1) is 12.8 Å². The average Bonchev–Trinajstić information content (AvgIpc) is 2.54. The van der Waals surface area contributed by atoms with E-state index in [1.807, 2.05) is 6.92 Å². The van der Waals surface area contributed by atoms with Gasteiger partial charge in [0.1, 0.15) is 12.4 Å².